The number of methoxy groups -OCH3 is 1. The summed E-state index contributed by atoms with van der Waals surface area (Å²) >= 11 is 3.83. The lowest BCUT2D eigenvalue weighted by Crippen LogP contribution is -2.34. The van der Waals surface area contributed by atoms with Gasteiger partial charge in [0.05, 0.1) is 13.2 Å². The molecule has 5 rings (SSSR count). The van der Waals surface area contributed by atoms with Crippen LogP contribution in [0.5, 0.6) is 17.2 Å². The van der Waals surface area contributed by atoms with Crippen LogP contribution in [0.25, 0.3) is 5.57 Å². The van der Waals surface area contributed by atoms with Gasteiger partial charge in [-0.1, -0.05) is 68.8 Å². The first-order valence-electron chi connectivity index (χ1n) is 14.4. The van der Waals surface area contributed by atoms with Crippen molar-refractivity contribution < 1.29 is 18.5 Å². The minimum Gasteiger partial charge on any atom is -0.497 e. The second-order valence-electron chi connectivity index (χ2n) is 11.2. The van der Waals surface area contributed by atoms with E-state index in [1.807, 2.05) is 62.4 Å². The molecule has 2 heterocycles. The number of carbonyl (C=O) groups is 1. The standard InChI is InChI=1S/C18H27BO2.C14H16O2S/c1-3-4-11-19-14-5-6-15(19)13-18(12-14)21-17-9-7-16(20-2)8-10-17;1-3-11(14(15)10-7-8-10)12-5-4-6-13(16-17)9(12)2/h7-10,14-15,18H,3-6,11-13H2,1-2H3;3-6,10,17H,7-8H2,1-2H3/b;11-3+. The summed E-state index contributed by atoms with van der Waals surface area (Å²) in [5, 5.41) is 0. The fourth-order valence-corrected chi connectivity index (χ4v) is 6.65. The van der Waals surface area contributed by atoms with Crippen molar-refractivity contribution >= 4 is 31.0 Å². The first-order chi connectivity index (χ1) is 18.5. The van der Waals surface area contributed by atoms with E-state index >= 15 is 0 Å². The number of fused-ring (bicyclic) bond motifs is 2. The van der Waals surface area contributed by atoms with E-state index in [4.69, 9.17) is 13.7 Å². The van der Waals surface area contributed by atoms with Crippen molar-refractivity contribution in [3.8, 4) is 17.2 Å². The molecule has 0 radical (unpaired) electrons. The van der Waals surface area contributed by atoms with Gasteiger partial charge in [0, 0.05) is 30.0 Å². The van der Waals surface area contributed by atoms with Crippen LogP contribution in [0.1, 0.15) is 76.3 Å². The SMILES string of the molecule is C/C=C(/C(=O)C1CC1)c1cccc(OS)c1C.CCCCB1C2CCC1CC(Oc1ccc(OC)cc1)C2. The molecular formula is C32H43BO4S. The smallest absolute Gasteiger partial charge is 0.166 e. The van der Waals surface area contributed by atoms with Crippen LogP contribution in [0, 0.1) is 12.8 Å². The summed E-state index contributed by atoms with van der Waals surface area (Å²) in [5.74, 6) is 4.91. The molecule has 3 aliphatic rings. The van der Waals surface area contributed by atoms with Gasteiger partial charge in [-0.2, -0.15) is 0 Å². The Bertz CT molecular complexity index is 1080. The number of rotatable bonds is 10. The predicted octanol–water partition coefficient (Wildman–Crippen LogP) is 8.67. The van der Waals surface area contributed by atoms with Crippen LogP contribution in [0.15, 0.2) is 48.5 Å². The maximum Gasteiger partial charge on any atom is 0.166 e. The molecule has 204 valence electrons. The molecule has 2 unspecified atom stereocenters. The quantitative estimate of drug-likeness (QED) is 0.143. The van der Waals surface area contributed by atoms with Gasteiger partial charge in [0.15, 0.2) is 5.78 Å². The van der Waals surface area contributed by atoms with Crippen LogP contribution < -0.4 is 13.7 Å². The summed E-state index contributed by atoms with van der Waals surface area (Å²) in [6.45, 7) is 7.15. The molecule has 0 spiro atoms. The molecule has 2 aromatic carbocycles. The number of unbranched alkanes of at least 4 members (excludes halogenated alkanes) is 1. The monoisotopic (exact) mass is 534 g/mol. The predicted molar refractivity (Wildman–Crippen MR) is 161 cm³/mol. The van der Waals surface area contributed by atoms with E-state index in [1.165, 1.54) is 44.8 Å². The fourth-order valence-electron chi connectivity index (χ4n) is 6.45. The lowest BCUT2D eigenvalue weighted by molar-refractivity contribution is -0.114. The lowest BCUT2D eigenvalue weighted by Gasteiger charge is -2.33. The van der Waals surface area contributed by atoms with Gasteiger partial charge in [-0.15, -0.1) is 0 Å². The molecule has 0 amide bonds. The van der Waals surface area contributed by atoms with Crippen LogP contribution in [-0.2, 0) is 4.79 Å². The molecule has 3 fully saturated rings. The maximum atomic E-state index is 12.2. The number of carbonyl (C=O) groups excluding carboxylic acids is 1. The molecule has 4 nitrogen and oxygen atoms in total. The van der Waals surface area contributed by atoms with E-state index in [2.05, 4.69) is 19.8 Å². The molecular weight excluding hydrogens is 491 g/mol. The number of ether oxygens (including phenoxy) is 2. The number of Topliss-reactive ketones (excluding diaryl/α,β-unsaturated/α-hetero) is 1. The number of hydrogen-bond donors (Lipinski definition) is 1. The highest BCUT2D eigenvalue weighted by molar-refractivity contribution is 7.75. The number of benzene rings is 2. The summed E-state index contributed by atoms with van der Waals surface area (Å²) in [5.41, 5.74) is 2.72. The third kappa shape index (κ3) is 6.99. The van der Waals surface area contributed by atoms with Gasteiger partial charge in [0.2, 0.25) is 0 Å². The minimum absolute atomic E-state index is 0.237. The van der Waals surface area contributed by atoms with E-state index in [9.17, 15) is 4.79 Å². The molecule has 2 saturated heterocycles. The van der Waals surface area contributed by atoms with Crippen molar-refractivity contribution in [2.75, 3.05) is 7.11 Å². The molecule has 1 saturated carbocycles. The molecule has 2 aliphatic heterocycles. The first-order valence-corrected chi connectivity index (χ1v) is 14.8. The lowest BCUT2D eigenvalue weighted by atomic mass is 9.32. The Hall–Kier alpha value is -2.34. The zero-order chi connectivity index (χ0) is 27.1. The second-order valence-corrected chi connectivity index (χ2v) is 11.3. The van der Waals surface area contributed by atoms with Crippen LogP contribution in [0.3, 0.4) is 0 Å². The Kier molecular flexibility index (Phi) is 10.3. The van der Waals surface area contributed by atoms with Gasteiger partial charge in [-0.05, 0) is 75.4 Å². The van der Waals surface area contributed by atoms with Crippen LogP contribution in [0.4, 0.5) is 0 Å². The topological polar surface area (TPSA) is 44.8 Å². The van der Waals surface area contributed by atoms with E-state index in [-0.39, 0.29) is 11.7 Å². The summed E-state index contributed by atoms with van der Waals surface area (Å²) < 4.78 is 16.4. The molecule has 1 aliphatic carbocycles. The highest BCUT2D eigenvalue weighted by atomic mass is 32.1. The summed E-state index contributed by atoms with van der Waals surface area (Å²) in [4.78, 5) is 12.2. The van der Waals surface area contributed by atoms with Gasteiger partial charge < -0.3 is 13.7 Å². The fraction of sp³-hybridized carbons (Fsp3) is 0.531. The second kappa shape index (κ2) is 13.6. The molecule has 6 heteroatoms. The largest absolute Gasteiger partial charge is 0.497 e. The minimum atomic E-state index is 0.237. The molecule has 2 aromatic rings. The van der Waals surface area contributed by atoms with E-state index in [0.29, 0.717) is 11.9 Å². The van der Waals surface area contributed by atoms with Gasteiger partial charge in [-0.25, -0.2) is 0 Å². The maximum absolute atomic E-state index is 12.2. The van der Waals surface area contributed by atoms with E-state index in [0.717, 1.165) is 59.4 Å². The molecule has 2 atom stereocenters. The third-order valence-electron chi connectivity index (χ3n) is 8.68. The molecule has 2 bridgehead atoms. The van der Waals surface area contributed by atoms with Crippen molar-refractivity contribution in [2.45, 2.75) is 96.2 Å². The summed E-state index contributed by atoms with van der Waals surface area (Å²) in [7, 11) is 1.70. The van der Waals surface area contributed by atoms with Crippen molar-refractivity contribution in [1.82, 2.24) is 0 Å². The van der Waals surface area contributed by atoms with E-state index in [1.54, 1.807) is 7.11 Å². The average molecular weight is 535 g/mol. The van der Waals surface area contributed by atoms with Crippen molar-refractivity contribution in [2.24, 2.45) is 5.92 Å². The number of hydrogen-bond acceptors (Lipinski definition) is 5. The molecule has 0 aromatic heterocycles. The first kappa shape index (κ1) is 28.7. The Balaban J connectivity index is 0.000000181. The number of ketones is 1. The van der Waals surface area contributed by atoms with Crippen LogP contribution >= 0.6 is 12.9 Å². The van der Waals surface area contributed by atoms with Gasteiger partial charge in [-0.3, -0.25) is 4.79 Å². The summed E-state index contributed by atoms with van der Waals surface area (Å²) in [6, 6.07) is 13.7. The number of thiol groups is 1. The Morgan fingerprint density at radius 1 is 1.03 bits per heavy atom. The third-order valence-corrected chi connectivity index (χ3v) is 8.88. The Labute approximate surface area is 235 Å². The van der Waals surface area contributed by atoms with Crippen molar-refractivity contribution in [1.29, 1.82) is 0 Å². The van der Waals surface area contributed by atoms with Crippen LogP contribution in [0.2, 0.25) is 18.0 Å². The normalized spacial score (nSPS) is 22.4. The zero-order valence-corrected chi connectivity index (χ0v) is 24.3. The zero-order valence-electron chi connectivity index (χ0n) is 23.4. The summed E-state index contributed by atoms with van der Waals surface area (Å²) in [6.07, 6.45) is 13.9. The number of allylic oxidation sites excluding steroid dienone is 2. The van der Waals surface area contributed by atoms with Gasteiger partial charge >= 0.3 is 0 Å². The Morgan fingerprint density at radius 2 is 1.68 bits per heavy atom. The van der Waals surface area contributed by atoms with Crippen molar-refractivity contribution in [3.63, 3.8) is 0 Å². The van der Waals surface area contributed by atoms with Crippen LogP contribution in [-0.4, -0.2) is 25.7 Å². The van der Waals surface area contributed by atoms with Crippen molar-refractivity contribution in [3.05, 3.63) is 59.7 Å². The van der Waals surface area contributed by atoms with Gasteiger partial charge in [0.1, 0.15) is 24.0 Å². The molecule has 38 heavy (non-hydrogen) atoms. The highest BCUT2D eigenvalue weighted by Crippen LogP contribution is 2.51. The van der Waals surface area contributed by atoms with Gasteiger partial charge in [0.25, 0.3) is 0 Å². The van der Waals surface area contributed by atoms with E-state index < -0.39 is 0 Å². The average Bonchev–Trinajstić information content (AvgIpc) is 3.75. The highest BCUT2D eigenvalue weighted by Gasteiger charge is 2.45. The molecule has 0 N–H and O–H groups in total. The Morgan fingerprint density at radius 3 is 2.24 bits per heavy atom.